The van der Waals surface area contributed by atoms with Gasteiger partial charge in [0.25, 0.3) is 0 Å². The van der Waals surface area contributed by atoms with Crippen LogP contribution in [0, 0.1) is 12.7 Å². The van der Waals surface area contributed by atoms with E-state index in [1.54, 1.807) is 12.1 Å². The maximum Gasteiger partial charge on any atom is 0.167 e. The molecule has 0 saturated heterocycles. The second kappa shape index (κ2) is 5.44. The number of carbonyl (C=O) groups is 1. The number of carbonyl (C=O) groups excluding carboxylic acids is 1. The van der Waals surface area contributed by atoms with Gasteiger partial charge in [0, 0.05) is 16.5 Å². The van der Waals surface area contributed by atoms with Crippen LogP contribution >= 0.6 is 15.9 Å². The zero-order valence-corrected chi connectivity index (χ0v) is 11.5. The molecule has 0 unspecified atom stereocenters. The van der Waals surface area contributed by atoms with E-state index in [9.17, 15) is 9.18 Å². The Morgan fingerprint density at radius 1 is 1.17 bits per heavy atom. The molecule has 2 rings (SSSR count). The van der Waals surface area contributed by atoms with Crippen molar-refractivity contribution in [3.05, 3.63) is 69.4 Å². The molecule has 0 heterocycles. The summed E-state index contributed by atoms with van der Waals surface area (Å²) in [7, 11) is 0. The highest BCUT2D eigenvalue weighted by atomic mass is 79.9. The van der Waals surface area contributed by atoms with E-state index < -0.39 is 0 Å². The summed E-state index contributed by atoms with van der Waals surface area (Å²) in [6, 6.07) is 11.5. The number of benzene rings is 2. The summed E-state index contributed by atoms with van der Waals surface area (Å²) in [6.07, 6.45) is 0.287. The number of Topliss-reactive ketones (excluding diaryl/α,β-unsaturated/α-hetero) is 1. The smallest absolute Gasteiger partial charge is 0.167 e. The molecule has 0 saturated carbocycles. The molecule has 1 nitrogen and oxygen atoms in total. The molecule has 0 aliphatic carbocycles. The molecule has 18 heavy (non-hydrogen) atoms. The molecule has 0 spiro atoms. The number of hydrogen-bond acceptors (Lipinski definition) is 1. The third-order valence-electron chi connectivity index (χ3n) is 2.77. The first-order valence-electron chi connectivity index (χ1n) is 5.60. The normalized spacial score (nSPS) is 10.4. The van der Waals surface area contributed by atoms with E-state index in [0.29, 0.717) is 5.56 Å². The minimum atomic E-state index is -0.288. The molecular formula is C15H12BrFO. The molecule has 0 aliphatic heterocycles. The zero-order valence-electron chi connectivity index (χ0n) is 9.91. The number of hydrogen-bond donors (Lipinski definition) is 0. The van der Waals surface area contributed by atoms with E-state index >= 15 is 0 Å². The van der Waals surface area contributed by atoms with Gasteiger partial charge in [0.2, 0.25) is 0 Å². The zero-order chi connectivity index (χ0) is 13.1. The van der Waals surface area contributed by atoms with Crippen molar-refractivity contribution >= 4 is 21.7 Å². The first-order chi connectivity index (χ1) is 8.56. The lowest BCUT2D eigenvalue weighted by molar-refractivity contribution is 0.0993. The first kappa shape index (κ1) is 13.0. The van der Waals surface area contributed by atoms with E-state index in [4.69, 9.17) is 0 Å². The fourth-order valence-corrected chi connectivity index (χ4v) is 2.03. The minimum Gasteiger partial charge on any atom is -0.294 e. The predicted molar refractivity (Wildman–Crippen MR) is 73.3 cm³/mol. The van der Waals surface area contributed by atoms with Crippen LogP contribution in [-0.4, -0.2) is 5.78 Å². The summed E-state index contributed by atoms with van der Waals surface area (Å²) < 4.78 is 13.7. The van der Waals surface area contributed by atoms with Crippen molar-refractivity contribution in [2.24, 2.45) is 0 Å². The molecule has 0 N–H and O–H groups in total. The maximum atomic E-state index is 12.8. The molecule has 0 aliphatic rings. The van der Waals surface area contributed by atoms with Crippen LogP contribution in [0.2, 0.25) is 0 Å². The van der Waals surface area contributed by atoms with Gasteiger partial charge in [0.15, 0.2) is 5.78 Å². The Morgan fingerprint density at radius 3 is 2.44 bits per heavy atom. The van der Waals surface area contributed by atoms with Crippen molar-refractivity contribution in [1.29, 1.82) is 0 Å². The van der Waals surface area contributed by atoms with Gasteiger partial charge in [-0.2, -0.15) is 0 Å². The molecule has 0 fully saturated rings. The summed E-state index contributed by atoms with van der Waals surface area (Å²) in [5.74, 6) is -0.258. The van der Waals surface area contributed by atoms with E-state index in [1.807, 2.05) is 25.1 Å². The van der Waals surface area contributed by atoms with Crippen molar-refractivity contribution in [2.45, 2.75) is 13.3 Å². The van der Waals surface area contributed by atoms with Crippen molar-refractivity contribution in [1.82, 2.24) is 0 Å². The summed E-state index contributed by atoms with van der Waals surface area (Å²) in [5.41, 5.74) is 2.57. The third-order valence-corrected chi connectivity index (χ3v) is 3.63. The van der Waals surface area contributed by atoms with Crippen LogP contribution in [0.15, 0.2) is 46.9 Å². The summed E-state index contributed by atoms with van der Waals surface area (Å²) in [4.78, 5) is 12.0. The molecule has 2 aromatic rings. The highest BCUT2D eigenvalue weighted by Crippen LogP contribution is 2.18. The lowest BCUT2D eigenvalue weighted by Gasteiger charge is -2.04. The third kappa shape index (κ3) is 3.05. The molecular weight excluding hydrogens is 295 g/mol. The monoisotopic (exact) mass is 306 g/mol. The van der Waals surface area contributed by atoms with Crippen LogP contribution in [0.5, 0.6) is 0 Å². The molecule has 3 heteroatoms. The molecule has 0 amide bonds. The average Bonchev–Trinajstić information content (AvgIpc) is 2.35. The molecule has 0 atom stereocenters. The highest BCUT2D eigenvalue weighted by Gasteiger charge is 2.08. The van der Waals surface area contributed by atoms with Crippen LogP contribution < -0.4 is 0 Å². The molecule has 0 bridgehead atoms. The maximum absolute atomic E-state index is 12.8. The topological polar surface area (TPSA) is 17.1 Å². The Kier molecular flexibility index (Phi) is 3.92. The number of rotatable bonds is 3. The molecule has 0 aromatic heterocycles. The summed E-state index contributed by atoms with van der Waals surface area (Å²) in [5, 5.41) is 0. The largest absolute Gasteiger partial charge is 0.294 e. The second-order valence-electron chi connectivity index (χ2n) is 4.19. The van der Waals surface area contributed by atoms with Crippen LogP contribution in [0.1, 0.15) is 21.5 Å². The van der Waals surface area contributed by atoms with Crippen molar-refractivity contribution in [3.8, 4) is 0 Å². The van der Waals surface area contributed by atoms with Crippen molar-refractivity contribution < 1.29 is 9.18 Å². The van der Waals surface area contributed by atoms with E-state index in [1.165, 1.54) is 12.1 Å². The van der Waals surface area contributed by atoms with E-state index in [0.717, 1.165) is 15.6 Å². The predicted octanol–water partition coefficient (Wildman–Crippen LogP) is 4.32. The molecule has 2 aromatic carbocycles. The second-order valence-corrected chi connectivity index (χ2v) is 5.04. The molecule has 0 radical (unpaired) electrons. The van der Waals surface area contributed by atoms with Crippen LogP contribution in [0.3, 0.4) is 0 Å². The van der Waals surface area contributed by atoms with Gasteiger partial charge in [-0.3, -0.25) is 4.79 Å². The van der Waals surface area contributed by atoms with Crippen LogP contribution in [-0.2, 0) is 6.42 Å². The lowest BCUT2D eigenvalue weighted by atomic mass is 10.0. The average molecular weight is 307 g/mol. The number of aryl methyl sites for hydroxylation is 1. The Morgan fingerprint density at radius 2 is 1.83 bits per heavy atom. The Labute approximate surface area is 114 Å². The van der Waals surface area contributed by atoms with Crippen molar-refractivity contribution in [3.63, 3.8) is 0 Å². The first-order valence-corrected chi connectivity index (χ1v) is 6.39. The van der Waals surface area contributed by atoms with Gasteiger partial charge < -0.3 is 0 Å². The van der Waals surface area contributed by atoms with Gasteiger partial charge in [-0.05, 0) is 36.2 Å². The van der Waals surface area contributed by atoms with Gasteiger partial charge in [-0.15, -0.1) is 0 Å². The number of halogens is 2. The van der Waals surface area contributed by atoms with Gasteiger partial charge >= 0.3 is 0 Å². The highest BCUT2D eigenvalue weighted by molar-refractivity contribution is 9.10. The van der Waals surface area contributed by atoms with Gasteiger partial charge in [0.1, 0.15) is 5.82 Å². The van der Waals surface area contributed by atoms with Crippen molar-refractivity contribution in [2.75, 3.05) is 0 Å². The minimum absolute atomic E-state index is 0.0299. The quantitative estimate of drug-likeness (QED) is 0.772. The number of ketones is 1. The van der Waals surface area contributed by atoms with E-state index in [2.05, 4.69) is 15.9 Å². The standard InChI is InChI=1S/C15H12BrFO/c1-10-2-5-12(9-14(10)16)15(18)8-11-3-6-13(17)7-4-11/h2-7,9H,8H2,1H3. The fraction of sp³-hybridized carbons (Fsp3) is 0.133. The van der Waals surface area contributed by atoms with E-state index in [-0.39, 0.29) is 18.0 Å². The summed E-state index contributed by atoms with van der Waals surface area (Å²) >= 11 is 3.41. The fourth-order valence-electron chi connectivity index (χ4n) is 1.66. The Balaban J connectivity index is 2.16. The SMILES string of the molecule is Cc1ccc(C(=O)Cc2ccc(F)cc2)cc1Br. The molecule has 92 valence electrons. The summed E-state index contributed by atoms with van der Waals surface area (Å²) in [6.45, 7) is 1.97. The Bertz CT molecular complexity index is 576. The van der Waals surface area contributed by atoms with Gasteiger partial charge in [-0.1, -0.05) is 40.2 Å². The van der Waals surface area contributed by atoms with Crippen LogP contribution in [0.25, 0.3) is 0 Å². The Hall–Kier alpha value is -1.48. The van der Waals surface area contributed by atoms with Crippen LogP contribution in [0.4, 0.5) is 4.39 Å². The lowest BCUT2D eigenvalue weighted by Crippen LogP contribution is -2.03. The van der Waals surface area contributed by atoms with Gasteiger partial charge in [0.05, 0.1) is 0 Å². The van der Waals surface area contributed by atoms with Gasteiger partial charge in [-0.25, -0.2) is 4.39 Å².